The quantitative estimate of drug-likeness (QED) is 0.857. The molecular weight excluding hydrogens is 230 g/mol. The van der Waals surface area contributed by atoms with E-state index < -0.39 is 0 Å². The van der Waals surface area contributed by atoms with E-state index in [1.165, 1.54) is 25.5 Å². The van der Waals surface area contributed by atoms with Crippen molar-refractivity contribution in [3.63, 3.8) is 0 Å². The van der Waals surface area contributed by atoms with E-state index in [9.17, 15) is 4.79 Å². The number of hydrogen-bond acceptors (Lipinski definition) is 4. The molecule has 0 spiro atoms. The Kier molecular flexibility index (Phi) is 4.36. The zero-order valence-corrected chi connectivity index (χ0v) is 10.8. The predicted molar refractivity (Wildman–Crippen MR) is 70.2 cm³/mol. The van der Waals surface area contributed by atoms with Gasteiger partial charge in [-0.05, 0) is 25.7 Å². The number of hydrogen-bond donors (Lipinski definition) is 2. The van der Waals surface area contributed by atoms with Crippen molar-refractivity contribution in [1.82, 2.24) is 9.97 Å². The van der Waals surface area contributed by atoms with Crippen molar-refractivity contribution in [1.29, 1.82) is 0 Å². The molecule has 0 aromatic carbocycles. The molecule has 5 heteroatoms. The molecule has 1 aliphatic carbocycles. The Balaban J connectivity index is 2.22. The third kappa shape index (κ3) is 2.90. The smallest absolute Gasteiger partial charge is 0.274 e. The van der Waals surface area contributed by atoms with Crippen LogP contribution in [0.1, 0.15) is 51.0 Å². The fraction of sp³-hybridized carbons (Fsp3) is 0.692. The van der Waals surface area contributed by atoms with E-state index >= 15 is 0 Å². The van der Waals surface area contributed by atoms with E-state index in [-0.39, 0.29) is 17.4 Å². The molecule has 1 saturated carbocycles. The molecule has 18 heavy (non-hydrogen) atoms. The maximum atomic E-state index is 11.6. The molecule has 5 nitrogen and oxygen atoms in total. The number of ether oxygens (including phenoxy) is 1. The summed E-state index contributed by atoms with van der Waals surface area (Å²) in [6.45, 7) is 2.58. The first-order valence-corrected chi connectivity index (χ1v) is 6.68. The number of aromatic nitrogens is 2. The van der Waals surface area contributed by atoms with Crippen LogP contribution in [0.15, 0.2) is 11.0 Å². The van der Waals surface area contributed by atoms with Gasteiger partial charge in [0.25, 0.3) is 5.56 Å². The maximum Gasteiger partial charge on any atom is 0.274 e. The lowest BCUT2D eigenvalue weighted by Gasteiger charge is -2.29. The van der Waals surface area contributed by atoms with Crippen LogP contribution in [0.5, 0.6) is 0 Å². The first-order valence-electron chi connectivity index (χ1n) is 6.68. The van der Waals surface area contributed by atoms with Gasteiger partial charge in [-0.15, -0.1) is 0 Å². The summed E-state index contributed by atoms with van der Waals surface area (Å²) in [5.41, 5.74) is 5.37. The highest BCUT2D eigenvalue weighted by Gasteiger charge is 2.27. The second kappa shape index (κ2) is 6.00. The van der Waals surface area contributed by atoms with E-state index in [2.05, 4.69) is 9.97 Å². The first-order chi connectivity index (χ1) is 8.72. The highest BCUT2D eigenvalue weighted by Crippen LogP contribution is 2.35. The zero-order chi connectivity index (χ0) is 13.0. The van der Waals surface area contributed by atoms with Crippen LogP contribution in [0.4, 0.5) is 5.69 Å². The average Bonchev–Trinajstić information content (AvgIpc) is 2.40. The Labute approximate surface area is 107 Å². The highest BCUT2D eigenvalue weighted by atomic mass is 16.5. The van der Waals surface area contributed by atoms with Crippen LogP contribution in [0, 0.1) is 5.92 Å². The second-order valence-corrected chi connectivity index (χ2v) is 4.83. The molecular formula is C13H21N3O2. The molecule has 1 aliphatic rings. The number of rotatable bonds is 4. The molecule has 1 heterocycles. The maximum absolute atomic E-state index is 11.6. The van der Waals surface area contributed by atoms with Gasteiger partial charge < -0.3 is 15.5 Å². The number of nitrogens with two attached hydrogens (primary N) is 1. The number of nitrogens with one attached hydrogen (secondary N) is 1. The monoisotopic (exact) mass is 251 g/mol. The van der Waals surface area contributed by atoms with Crippen LogP contribution < -0.4 is 11.3 Å². The topological polar surface area (TPSA) is 81.0 Å². The van der Waals surface area contributed by atoms with Crippen molar-refractivity contribution in [3.05, 3.63) is 22.4 Å². The molecule has 100 valence electrons. The van der Waals surface area contributed by atoms with Crippen LogP contribution >= 0.6 is 0 Å². The molecule has 1 fully saturated rings. The SMILES string of the molecule is CCOC(c1ncc(N)c(=O)[nH]1)C1CCCCC1. The van der Waals surface area contributed by atoms with Gasteiger partial charge in [-0.2, -0.15) is 0 Å². The standard InChI is InChI=1S/C13H21N3O2/c1-2-18-11(9-6-4-3-5-7-9)12-15-8-10(14)13(17)16-12/h8-9,11H,2-7,14H2,1H3,(H,15,16,17). The minimum Gasteiger partial charge on any atom is -0.393 e. The minimum atomic E-state index is -0.277. The molecule has 0 radical (unpaired) electrons. The largest absolute Gasteiger partial charge is 0.393 e. The van der Waals surface area contributed by atoms with Crippen LogP contribution in [-0.2, 0) is 4.74 Å². The average molecular weight is 251 g/mol. The minimum absolute atomic E-state index is 0.108. The van der Waals surface area contributed by atoms with Gasteiger partial charge in [0.05, 0.1) is 6.20 Å². The predicted octanol–water partition coefficient (Wildman–Crippen LogP) is 2.01. The van der Waals surface area contributed by atoms with E-state index in [0.29, 0.717) is 18.3 Å². The molecule has 1 atom stereocenters. The van der Waals surface area contributed by atoms with Gasteiger partial charge >= 0.3 is 0 Å². The van der Waals surface area contributed by atoms with Crippen molar-refractivity contribution < 1.29 is 4.74 Å². The summed E-state index contributed by atoms with van der Waals surface area (Å²) in [5, 5.41) is 0. The summed E-state index contributed by atoms with van der Waals surface area (Å²) < 4.78 is 5.79. The third-order valence-electron chi connectivity index (χ3n) is 3.54. The fourth-order valence-electron chi connectivity index (χ4n) is 2.62. The summed E-state index contributed by atoms with van der Waals surface area (Å²) in [6.07, 6.45) is 7.34. The van der Waals surface area contributed by atoms with Crippen LogP contribution in [-0.4, -0.2) is 16.6 Å². The van der Waals surface area contributed by atoms with Gasteiger partial charge in [-0.1, -0.05) is 19.3 Å². The fourth-order valence-corrected chi connectivity index (χ4v) is 2.62. The molecule has 2 rings (SSSR count). The summed E-state index contributed by atoms with van der Waals surface area (Å²) >= 11 is 0. The Hall–Kier alpha value is -1.36. The third-order valence-corrected chi connectivity index (χ3v) is 3.54. The van der Waals surface area contributed by atoms with Crippen molar-refractivity contribution in [3.8, 4) is 0 Å². The van der Waals surface area contributed by atoms with Gasteiger partial charge in [-0.25, -0.2) is 4.98 Å². The Bertz CT molecular complexity index is 438. The van der Waals surface area contributed by atoms with E-state index in [1.807, 2.05) is 6.92 Å². The summed E-state index contributed by atoms with van der Waals surface area (Å²) in [6, 6.07) is 0. The molecule has 0 amide bonds. The Morgan fingerprint density at radius 2 is 2.22 bits per heavy atom. The normalized spacial score (nSPS) is 18.7. The lowest BCUT2D eigenvalue weighted by molar-refractivity contribution is -0.000312. The molecule has 0 bridgehead atoms. The Morgan fingerprint density at radius 1 is 1.50 bits per heavy atom. The number of nitrogens with zero attached hydrogens (tertiary/aromatic N) is 1. The van der Waals surface area contributed by atoms with Gasteiger partial charge in [-0.3, -0.25) is 4.79 Å². The van der Waals surface area contributed by atoms with E-state index in [4.69, 9.17) is 10.5 Å². The lowest BCUT2D eigenvalue weighted by Crippen LogP contribution is -2.24. The van der Waals surface area contributed by atoms with Crippen molar-refractivity contribution in [2.45, 2.75) is 45.1 Å². The zero-order valence-electron chi connectivity index (χ0n) is 10.8. The molecule has 1 aromatic rings. The lowest BCUT2D eigenvalue weighted by atomic mass is 9.85. The molecule has 3 N–H and O–H groups in total. The number of nitrogen functional groups attached to an aromatic ring is 1. The molecule has 0 saturated heterocycles. The Morgan fingerprint density at radius 3 is 2.83 bits per heavy atom. The molecule has 0 aliphatic heterocycles. The molecule has 1 aromatic heterocycles. The number of anilines is 1. The van der Waals surface area contributed by atoms with Gasteiger partial charge in [0.2, 0.25) is 0 Å². The number of aromatic amines is 1. The van der Waals surface area contributed by atoms with Gasteiger partial charge in [0.15, 0.2) is 0 Å². The van der Waals surface area contributed by atoms with Crippen molar-refractivity contribution in [2.75, 3.05) is 12.3 Å². The van der Waals surface area contributed by atoms with E-state index in [0.717, 1.165) is 12.8 Å². The van der Waals surface area contributed by atoms with Crippen molar-refractivity contribution in [2.24, 2.45) is 5.92 Å². The van der Waals surface area contributed by atoms with E-state index in [1.54, 1.807) is 0 Å². The highest BCUT2D eigenvalue weighted by molar-refractivity contribution is 5.30. The van der Waals surface area contributed by atoms with Crippen LogP contribution in [0.25, 0.3) is 0 Å². The second-order valence-electron chi connectivity index (χ2n) is 4.83. The van der Waals surface area contributed by atoms with Crippen molar-refractivity contribution >= 4 is 5.69 Å². The van der Waals surface area contributed by atoms with Crippen LogP contribution in [0.2, 0.25) is 0 Å². The van der Waals surface area contributed by atoms with Gasteiger partial charge in [0.1, 0.15) is 17.6 Å². The van der Waals surface area contributed by atoms with Crippen LogP contribution in [0.3, 0.4) is 0 Å². The molecule has 1 unspecified atom stereocenters. The first kappa shape index (κ1) is 13.1. The summed E-state index contributed by atoms with van der Waals surface area (Å²) in [4.78, 5) is 18.5. The number of H-pyrrole nitrogens is 1. The summed E-state index contributed by atoms with van der Waals surface area (Å²) in [5.74, 6) is 1.06. The summed E-state index contributed by atoms with van der Waals surface area (Å²) in [7, 11) is 0. The van der Waals surface area contributed by atoms with Gasteiger partial charge in [0, 0.05) is 6.61 Å².